The number of nitrogens with zero attached hydrogens (tertiary/aromatic N) is 4. The van der Waals surface area contributed by atoms with E-state index < -0.39 is 0 Å². The Bertz CT molecular complexity index is 994. The van der Waals surface area contributed by atoms with Gasteiger partial charge in [-0.3, -0.25) is 0 Å². The summed E-state index contributed by atoms with van der Waals surface area (Å²) in [5.74, 6) is 2.01. The molecule has 4 rings (SSSR count). The number of benzene rings is 2. The van der Waals surface area contributed by atoms with Gasteiger partial charge in [0.05, 0.1) is 12.8 Å². The smallest absolute Gasteiger partial charge is 0.253 e. The van der Waals surface area contributed by atoms with Crippen LogP contribution in [0.25, 0.3) is 28.4 Å². The van der Waals surface area contributed by atoms with Crippen LogP contribution in [0.3, 0.4) is 0 Å². The Kier molecular flexibility index (Phi) is 3.74. The Labute approximate surface area is 147 Å². The van der Waals surface area contributed by atoms with E-state index in [0.29, 0.717) is 11.6 Å². The number of fused-ring (bicyclic) bond motifs is 1. The molecular formula is C18H13BrN4O. The minimum Gasteiger partial charge on any atom is -0.497 e. The predicted molar refractivity (Wildman–Crippen MR) is 95.9 cm³/mol. The van der Waals surface area contributed by atoms with Crippen molar-refractivity contribution in [2.24, 2.45) is 0 Å². The van der Waals surface area contributed by atoms with E-state index in [2.05, 4.69) is 31.0 Å². The molecule has 4 aromatic rings. The summed E-state index contributed by atoms with van der Waals surface area (Å²) in [6.07, 6.45) is 1.75. The summed E-state index contributed by atoms with van der Waals surface area (Å²) in [6.45, 7) is 0. The van der Waals surface area contributed by atoms with Crippen molar-refractivity contribution in [2.45, 2.75) is 0 Å². The number of rotatable bonds is 3. The zero-order valence-electron chi connectivity index (χ0n) is 12.8. The maximum atomic E-state index is 5.19. The third-order valence-corrected chi connectivity index (χ3v) is 4.26. The Hall–Kier alpha value is -2.73. The van der Waals surface area contributed by atoms with Crippen molar-refractivity contribution in [3.8, 4) is 28.4 Å². The van der Waals surface area contributed by atoms with Crippen molar-refractivity contribution < 1.29 is 4.74 Å². The molecule has 5 nitrogen and oxygen atoms in total. The molecule has 2 aromatic carbocycles. The molecule has 0 saturated heterocycles. The van der Waals surface area contributed by atoms with Crippen molar-refractivity contribution >= 4 is 21.7 Å². The molecule has 0 amide bonds. The molecular weight excluding hydrogens is 368 g/mol. The normalized spacial score (nSPS) is 10.9. The fourth-order valence-corrected chi connectivity index (χ4v) is 2.76. The topological polar surface area (TPSA) is 52.3 Å². The van der Waals surface area contributed by atoms with E-state index in [1.54, 1.807) is 17.8 Å². The van der Waals surface area contributed by atoms with Crippen molar-refractivity contribution in [1.82, 2.24) is 19.6 Å². The molecule has 0 spiro atoms. The van der Waals surface area contributed by atoms with Crippen molar-refractivity contribution in [3.05, 3.63) is 65.3 Å². The first kappa shape index (κ1) is 14.8. The average molecular weight is 381 g/mol. The van der Waals surface area contributed by atoms with Crippen LogP contribution in [0, 0.1) is 0 Å². The van der Waals surface area contributed by atoms with Crippen LogP contribution in [0.4, 0.5) is 0 Å². The van der Waals surface area contributed by atoms with Gasteiger partial charge in [0.15, 0.2) is 5.82 Å². The summed E-state index contributed by atoms with van der Waals surface area (Å²) >= 11 is 3.46. The number of aromatic nitrogens is 4. The third kappa shape index (κ3) is 2.65. The Morgan fingerprint density at radius 1 is 0.917 bits per heavy atom. The van der Waals surface area contributed by atoms with Crippen LogP contribution in [0.15, 0.2) is 65.3 Å². The van der Waals surface area contributed by atoms with Gasteiger partial charge in [-0.05, 0) is 42.5 Å². The summed E-state index contributed by atoms with van der Waals surface area (Å²) in [7, 11) is 1.65. The first-order valence-corrected chi connectivity index (χ1v) is 8.16. The van der Waals surface area contributed by atoms with E-state index in [0.717, 1.165) is 27.0 Å². The van der Waals surface area contributed by atoms with Crippen LogP contribution in [0.1, 0.15) is 0 Å². The van der Waals surface area contributed by atoms with Gasteiger partial charge in [-0.2, -0.15) is 9.50 Å². The minimum atomic E-state index is 0.571. The van der Waals surface area contributed by atoms with Gasteiger partial charge in [0.2, 0.25) is 0 Å². The molecule has 0 aliphatic rings. The van der Waals surface area contributed by atoms with E-state index in [9.17, 15) is 0 Å². The lowest BCUT2D eigenvalue weighted by Crippen LogP contribution is -1.95. The number of halogens is 1. The molecule has 0 aliphatic heterocycles. The van der Waals surface area contributed by atoms with E-state index in [1.165, 1.54) is 0 Å². The molecule has 2 aromatic heterocycles. The number of hydrogen-bond donors (Lipinski definition) is 0. The molecule has 24 heavy (non-hydrogen) atoms. The van der Waals surface area contributed by atoms with Crippen LogP contribution in [0.2, 0.25) is 0 Å². The summed E-state index contributed by atoms with van der Waals surface area (Å²) in [6, 6.07) is 17.7. The maximum Gasteiger partial charge on any atom is 0.253 e. The molecule has 0 saturated carbocycles. The highest BCUT2D eigenvalue weighted by Crippen LogP contribution is 2.24. The number of hydrogen-bond acceptors (Lipinski definition) is 4. The van der Waals surface area contributed by atoms with E-state index in [4.69, 9.17) is 4.74 Å². The zero-order chi connectivity index (χ0) is 16.5. The van der Waals surface area contributed by atoms with Crippen LogP contribution < -0.4 is 4.74 Å². The molecule has 0 unspecified atom stereocenters. The van der Waals surface area contributed by atoms with Gasteiger partial charge in [0.25, 0.3) is 5.78 Å². The highest BCUT2D eigenvalue weighted by Gasteiger charge is 2.11. The Morgan fingerprint density at radius 2 is 1.62 bits per heavy atom. The first-order chi connectivity index (χ1) is 11.7. The lowest BCUT2D eigenvalue weighted by atomic mass is 10.1. The summed E-state index contributed by atoms with van der Waals surface area (Å²) in [5, 5.41) is 4.63. The first-order valence-electron chi connectivity index (χ1n) is 7.37. The monoisotopic (exact) mass is 380 g/mol. The highest BCUT2D eigenvalue weighted by molar-refractivity contribution is 9.10. The molecule has 0 radical (unpaired) electrons. The zero-order valence-corrected chi connectivity index (χ0v) is 14.4. The lowest BCUT2D eigenvalue weighted by molar-refractivity contribution is 0.415. The second kappa shape index (κ2) is 6.05. The largest absolute Gasteiger partial charge is 0.497 e. The fourth-order valence-electron chi connectivity index (χ4n) is 2.50. The van der Waals surface area contributed by atoms with Crippen LogP contribution >= 0.6 is 15.9 Å². The van der Waals surface area contributed by atoms with Crippen molar-refractivity contribution in [3.63, 3.8) is 0 Å². The fraction of sp³-hybridized carbons (Fsp3) is 0.0556. The molecule has 0 N–H and O–H groups in total. The SMILES string of the molecule is COc1ccc(-c2nc3nccc(-c4ccc(Br)cc4)n3n2)cc1. The maximum absolute atomic E-state index is 5.19. The molecule has 118 valence electrons. The molecule has 0 atom stereocenters. The van der Waals surface area contributed by atoms with E-state index in [1.807, 2.05) is 54.6 Å². The summed E-state index contributed by atoms with van der Waals surface area (Å²) < 4.78 is 7.99. The van der Waals surface area contributed by atoms with Crippen LogP contribution in [-0.2, 0) is 0 Å². The number of methoxy groups -OCH3 is 1. The molecule has 0 aliphatic carbocycles. The van der Waals surface area contributed by atoms with Gasteiger partial charge in [-0.25, -0.2) is 4.98 Å². The van der Waals surface area contributed by atoms with E-state index in [-0.39, 0.29) is 0 Å². The predicted octanol–water partition coefficient (Wildman–Crippen LogP) is 4.23. The van der Waals surface area contributed by atoms with Crippen LogP contribution in [-0.4, -0.2) is 26.7 Å². The molecule has 0 bridgehead atoms. The second-order valence-corrected chi connectivity index (χ2v) is 6.13. The standard InChI is InChI=1S/C18H13BrN4O/c1-24-15-8-4-13(5-9-15)17-21-18-20-11-10-16(23(18)22-17)12-2-6-14(19)7-3-12/h2-11H,1H3. The Morgan fingerprint density at radius 3 is 2.33 bits per heavy atom. The molecule has 6 heteroatoms. The molecule has 2 heterocycles. The molecule has 0 fully saturated rings. The van der Waals surface area contributed by atoms with Crippen LogP contribution in [0.5, 0.6) is 5.75 Å². The second-order valence-electron chi connectivity index (χ2n) is 5.21. The highest BCUT2D eigenvalue weighted by atomic mass is 79.9. The van der Waals surface area contributed by atoms with Crippen molar-refractivity contribution in [1.29, 1.82) is 0 Å². The van der Waals surface area contributed by atoms with E-state index >= 15 is 0 Å². The minimum absolute atomic E-state index is 0.571. The lowest BCUT2D eigenvalue weighted by Gasteiger charge is -2.03. The number of ether oxygens (including phenoxy) is 1. The summed E-state index contributed by atoms with van der Waals surface area (Å²) in [5.41, 5.74) is 2.92. The average Bonchev–Trinajstić information content (AvgIpc) is 3.07. The van der Waals surface area contributed by atoms with Gasteiger partial charge in [0, 0.05) is 21.8 Å². The van der Waals surface area contributed by atoms with Gasteiger partial charge in [-0.1, -0.05) is 28.1 Å². The van der Waals surface area contributed by atoms with Gasteiger partial charge in [0.1, 0.15) is 5.75 Å². The van der Waals surface area contributed by atoms with Gasteiger partial charge >= 0.3 is 0 Å². The Balaban J connectivity index is 1.83. The quantitative estimate of drug-likeness (QED) is 0.533. The van der Waals surface area contributed by atoms with Crippen molar-refractivity contribution in [2.75, 3.05) is 7.11 Å². The third-order valence-electron chi connectivity index (χ3n) is 3.73. The van der Waals surface area contributed by atoms with Gasteiger partial charge < -0.3 is 4.74 Å². The van der Waals surface area contributed by atoms with Gasteiger partial charge in [-0.15, -0.1) is 5.10 Å². The summed E-state index contributed by atoms with van der Waals surface area (Å²) in [4.78, 5) is 8.85.